The maximum atomic E-state index is 13.1. The fourth-order valence-electron chi connectivity index (χ4n) is 4.14. The van der Waals surface area contributed by atoms with E-state index in [1.165, 1.54) is 0 Å². The van der Waals surface area contributed by atoms with Gasteiger partial charge in [0.1, 0.15) is 0 Å². The van der Waals surface area contributed by atoms with Gasteiger partial charge in [-0.2, -0.15) is 0 Å². The van der Waals surface area contributed by atoms with Crippen molar-refractivity contribution in [2.45, 2.75) is 40.2 Å². The van der Waals surface area contributed by atoms with E-state index in [0.29, 0.717) is 18.5 Å². The molecule has 0 amide bonds. The second-order valence-electron chi connectivity index (χ2n) is 7.44. The number of benzene rings is 1. The number of Topliss-reactive ketones (excluding diaryl/α,β-unsaturated/α-hetero) is 1. The summed E-state index contributed by atoms with van der Waals surface area (Å²) in [5.41, 5.74) is 4.75. The average Bonchev–Trinajstić information content (AvgIpc) is 3.11. The molecule has 2 heterocycles. The second kappa shape index (κ2) is 7.50. The summed E-state index contributed by atoms with van der Waals surface area (Å²) >= 11 is 0. The molecule has 27 heavy (non-hydrogen) atoms. The van der Waals surface area contributed by atoms with E-state index in [9.17, 15) is 13.2 Å². The molecular formula is C21H28N2O3S. The van der Waals surface area contributed by atoms with E-state index < -0.39 is 9.84 Å². The SMILES string of the molecule is CCN(CC(=O)c1cc(C)n([C@H]2CCS(=O)(=O)C2)c1C)c1ccccc1C. The summed E-state index contributed by atoms with van der Waals surface area (Å²) in [5.74, 6) is 0.469. The Morgan fingerprint density at radius 2 is 1.93 bits per heavy atom. The molecule has 2 aromatic rings. The molecule has 146 valence electrons. The molecular weight excluding hydrogens is 360 g/mol. The van der Waals surface area contributed by atoms with E-state index in [4.69, 9.17) is 0 Å². The highest BCUT2D eigenvalue weighted by atomic mass is 32.2. The Morgan fingerprint density at radius 3 is 2.52 bits per heavy atom. The summed E-state index contributed by atoms with van der Waals surface area (Å²) in [6, 6.07) is 9.93. The Hall–Kier alpha value is -2.08. The zero-order valence-corrected chi connectivity index (χ0v) is 17.3. The van der Waals surface area contributed by atoms with Crippen molar-refractivity contribution in [2.75, 3.05) is 29.5 Å². The number of hydrogen-bond donors (Lipinski definition) is 0. The van der Waals surface area contributed by atoms with Crippen LogP contribution in [0.25, 0.3) is 0 Å². The summed E-state index contributed by atoms with van der Waals surface area (Å²) in [6.45, 7) is 9.04. The Labute approximate surface area is 161 Å². The predicted octanol–water partition coefficient (Wildman–Crippen LogP) is 3.48. The first-order valence-electron chi connectivity index (χ1n) is 9.46. The van der Waals surface area contributed by atoms with Crippen LogP contribution in [0.1, 0.15) is 46.7 Å². The van der Waals surface area contributed by atoms with Gasteiger partial charge >= 0.3 is 0 Å². The molecule has 1 saturated heterocycles. The molecule has 1 fully saturated rings. The van der Waals surface area contributed by atoms with Gasteiger partial charge in [-0.25, -0.2) is 8.42 Å². The van der Waals surface area contributed by atoms with Crippen molar-refractivity contribution < 1.29 is 13.2 Å². The second-order valence-corrected chi connectivity index (χ2v) is 9.66. The molecule has 0 spiro atoms. The van der Waals surface area contributed by atoms with E-state index in [-0.39, 0.29) is 23.3 Å². The van der Waals surface area contributed by atoms with Crippen LogP contribution in [0.5, 0.6) is 0 Å². The fourth-order valence-corrected chi connectivity index (χ4v) is 5.84. The third-order valence-corrected chi connectivity index (χ3v) is 7.28. The Bertz CT molecular complexity index is 960. The van der Waals surface area contributed by atoms with E-state index in [0.717, 1.165) is 29.2 Å². The predicted molar refractivity (Wildman–Crippen MR) is 110 cm³/mol. The van der Waals surface area contributed by atoms with Crippen LogP contribution in [0.2, 0.25) is 0 Å². The van der Waals surface area contributed by atoms with Crippen LogP contribution < -0.4 is 4.90 Å². The first kappa shape index (κ1) is 19.7. The van der Waals surface area contributed by atoms with Crippen molar-refractivity contribution >= 4 is 21.3 Å². The van der Waals surface area contributed by atoms with Crippen LogP contribution in [0.15, 0.2) is 30.3 Å². The highest BCUT2D eigenvalue weighted by Crippen LogP contribution is 2.29. The van der Waals surface area contributed by atoms with Crippen LogP contribution in [-0.4, -0.2) is 43.4 Å². The van der Waals surface area contributed by atoms with Crippen LogP contribution in [0.3, 0.4) is 0 Å². The summed E-state index contributed by atoms with van der Waals surface area (Å²) < 4.78 is 25.8. The monoisotopic (exact) mass is 388 g/mol. The Balaban J connectivity index is 1.85. The number of aryl methyl sites for hydroxylation is 2. The number of anilines is 1. The van der Waals surface area contributed by atoms with Crippen molar-refractivity contribution in [1.29, 1.82) is 0 Å². The lowest BCUT2D eigenvalue weighted by atomic mass is 10.1. The van der Waals surface area contributed by atoms with Crippen LogP contribution in [-0.2, 0) is 9.84 Å². The van der Waals surface area contributed by atoms with Crippen LogP contribution in [0.4, 0.5) is 5.69 Å². The minimum atomic E-state index is -2.97. The number of para-hydroxylation sites is 1. The maximum absolute atomic E-state index is 13.1. The highest BCUT2D eigenvalue weighted by Gasteiger charge is 2.31. The minimum Gasteiger partial charge on any atom is -0.364 e. The molecule has 5 nitrogen and oxygen atoms in total. The standard InChI is InChI=1S/C21H28N2O3S/c1-5-22(20-9-7-6-8-15(20)2)13-21(24)19-12-16(3)23(17(19)4)18-10-11-27(25,26)14-18/h6-9,12,18H,5,10-11,13-14H2,1-4H3/t18-/m0/s1. The number of rotatable bonds is 6. The van der Waals surface area contributed by atoms with E-state index in [1.54, 1.807) is 0 Å². The molecule has 0 N–H and O–H groups in total. The minimum absolute atomic E-state index is 0.0600. The maximum Gasteiger partial charge on any atom is 0.183 e. The molecule has 0 radical (unpaired) electrons. The Kier molecular flexibility index (Phi) is 5.47. The molecule has 1 atom stereocenters. The van der Waals surface area contributed by atoms with Crippen molar-refractivity contribution in [3.05, 3.63) is 52.8 Å². The zero-order valence-electron chi connectivity index (χ0n) is 16.5. The van der Waals surface area contributed by atoms with Gasteiger partial charge in [-0.3, -0.25) is 4.79 Å². The van der Waals surface area contributed by atoms with Gasteiger partial charge in [-0.05, 0) is 51.8 Å². The number of sulfone groups is 1. The topological polar surface area (TPSA) is 59.4 Å². The number of nitrogens with zero attached hydrogens (tertiary/aromatic N) is 2. The molecule has 1 aliphatic rings. The van der Waals surface area contributed by atoms with Gasteiger partial charge in [0.15, 0.2) is 15.6 Å². The molecule has 1 aromatic heterocycles. The van der Waals surface area contributed by atoms with E-state index in [1.807, 2.05) is 49.6 Å². The average molecular weight is 389 g/mol. The van der Waals surface area contributed by atoms with Gasteiger partial charge in [0.05, 0.1) is 18.1 Å². The molecule has 6 heteroatoms. The zero-order chi connectivity index (χ0) is 19.8. The molecule has 0 unspecified atom stereocenters. The lowest BCUT2D eigenvalue weighted by Gasteiger charge is -2.24. The number of carbonyl (C=O) groups is 1. The summed E-state index contributed by atoms with van der Waals surface area (Å²) in [4.78, 5) is 15.1. The third-order valence-electron chi connectivity index (χ3n) is 5.53. The Morgan fingerprint density at radius 1 is 1.22 bits per heavy atom. The van der Waals surface area contributed by atoms with E-state index in [2.05, 4.69) is 17.9 Å². The van der Waals surface area contributed by atoms with Gasteiger partial charge in [-0.15, -0.1) is 0 Å². The first-order chi connectivity index (χ1) is 12.7. The molecule has 0 aliphatic carbocycles. The number of hydrogen-bond acceptors (Lipinski definition) is 4. The fraction of sp³-hybridized carbons (Fsp3) is 0.476. The quantitative estimate of drug-likeness (QED) is 0.711. The lowest BCUT2D eigenvalue weighted by Crippen LogP contribution is -2.30. The summed E-state index contributed by atoms with van der Waals surface area (Å²) in [7, 11) is -2.97. The van der Waals surface area contributed by atoms with E-state index >= 15 is 0 Å². The number of aromatic nitrogens is 1. The largest absolute Gasteiger partial charge is 0.364 e. The highest BCUT2D eigenvalue weighted by molar-refractivity contribution is 7.91. The van der Waals surface area contributed by atoms with Gasteiger partial charge in [0.25, 0.3) is 0 Å². The number of likely N-dealkylation sites (N-methyl/N-ethyl adjacent to an activating group) is 1. The number of ketones is 1. The summed E-state index contributed by atoms with van der Waals surface area (Å²) in [5, 5.41) is 0. The molecule has 0 bridgehead atoms. The normalized spacial score (nSPS) is 18.6. The van der Waals surface area contributed by atoms with Crippen molar-refractivity contribution in [3.8, 4) is 0 Å². The van der Waals surface area contributed by atoms with Crippen LogP contribution in [0, 0.1) is 20.8 Å². The van der Waals surface area contributed by atoms with Gasteiger partial charge in [0, 0.05) is 35.2 Å². The van der Waals surface area contributed by atoms with Gasteiger partial charge < -0.3 is 9.47 Å². The first-order valence-corrected chi connectivity index (χ1v) is 11.3. The molecule has 0 saturated carbocycles. The van der Waals surface area contributed by atoms with Crippen LogP contribution >= 0.6 is 0 Å². The lowest BCUT2D eigenvalue weighted by molar-refractivity contribution is 0.0998. The third kappa shape index (κ3) is 3.95. The molecule has 1 aromatic carbocycles. The number of carbonyl (C=O) groups excluding carboxylic acids is 1. The smallest absolute Gasteiger partial charge is 0.183 e. The molecule has 1 aliphatic heterocycles. The van der Waals surface area contributed by atoms with Crippen molar-refractivity contribution in [3.63, 3.8) is 0 Å². The van der Waals surface area contributed by atoms with Crippen molar-refractivity contribution in [2.24, 2.45) is 0 Å². The summed E-state index contributed by atoms with van der Waals surface area (Å²) in [6.07, 6.45) is 0.622. The van der Waals surface area contributed by atoms with Crippen molar-refractivity contribution in [1.82, 2.24) is 4.57 Å². The van der Waals surface area contributed by atoms with Gasteiger partial charge in [-0.1, -0.05) is 18.2 Å². The van der Waals surface area contributed by atoms with Gasteiger partial charge in [0.2, 0.25) is 0 Å². The molecule has 3 rings (SSSR count).